The number of fused-ring (bicyclic) bond motifs is 1. The summed E-state index contributed by atoms with van der Waals surface area (Å²) in [6.45, 7) is 3.03. The molecule has 0 bridgehead atoms. The molecule has 8 nitrogen and oxygen atoms in total. The summed E-state index contributed by atoms with van der Waals surface area (Å²) in [5, 5.41) is 16.8. The zero-order valence-corrected chi connectivity index (χ0v) is 17.0. The van der Waals surface area contributed by atoms with Crippen LogP contribution in [0.5, 0.6) is 5.88 Å². The molecule has 166 valence electrons. The number of pyridine rings is 2. The van der Waals surface area contributed by atoms with Gasteiger partial charge in [0.25, 0.3) is 5.91 Å². The van der Waals surface area contributed by atoms with Crippen molar-refractivity contribution < 1.29 is 27.8 Å². The number of ether oxygens (including phenoxy) is 1. The predicted octanol–water partition coefficient (Wildman–Crippen LogP) is 2.62. The summed E-state index contributed by atoms with van der Waals surface area (Å²) in [6, 6.07) is 3.03. The van der Waals surface area contributed by atoms with Crippen LogP contribution in [0.4, 0.5) is 13.2 Å². The molecule has 0 aliphatic rings. The van der Waals surface area contributed by atoms with Crippen molar-refractivity contribution in [3.63, 3.8) is 0 Å². The second-order valence-corrected chi connectivity index (χ2v) is 7.16. The largest absolute Gasteiger partial charge is 0.477 e. The minimum Gasteiger partial charge on any atom is -0.477 e. The van der Waals surface area contributed by atoms with Gasteiger partial charge in [0.15, 0.2) is 0 Å². The van der Waals surface area contributed by atoms with Crippen molar-refractivity contribution in [1.29, 1.82) is 0 Å². The Hall–Kier alpha value is -3.21. The average molecular weight is 437 g/mol. The number of aliphatic hydroxyl groups is 1. The van der Waals surface area contributed by atoms with Crippen LogP contribution in [0, 0.1) is 6.92 Å². The number of halogens is 3. The number of hydrogen-bond donors (Lipinski definition) is 2. The third-order valence-electron chi connectivity index (χ3n) is 4.40. The van der Waals surface area contributed by atoms with Crippen LogP contribution in [0.3, 0.4) is 0 Å². The van der Waals surface area contributed by atoms with E-state index in [4.69, 9.17) is 9.84 Å². The maximum Gasteiger partial charge on any atom is 0.392 e. The van der Waals surface area contributed by atoms with Crippen molar-refractivity contribution in [2.24, 2.45) is 0 Å². The monoisotopic (exact) mass is 437 g/mol. The average Bonchev–Trinajstić information content (AvgIpc) is 3.10. The van der Waals surface area contributed by atoms with Gasteiger partial charge in [-0.05, 0) is 31.5 Å². The van der Waals surface area contributed by atoms with Crippen LogP contribution in [0.1, 0.15) is 35.0 Å². The van der Waals surface area contributed by atoms with Crippen LogP contribution in [-0.2, 0) is 6.54 Å². The molecular weight excluding hydrogens is 415 g/mol. The standard InChI is InChI=1S/C20H22F3N5O3/c1-12-7-14(8-25-19(12)31-6-4-20(21,22)23)9-28-10-15-16(27-28)3-5-24-17(15)18(30)26-13(2)11-29/h3,5,7-8,10,13,29H,4,6,9,11H2,1-2H3,(H,26,30)/t13-/m0/s1. The molecule has 3 rings (SSSR count). The van der Waals surface area contributed by atoms with Crippen molar-refractivity contribution in [1.82, 2.24) is 25.1 Å². The summed E-state index contributed by atoms with van der Waals surface area (Å²) in [6.07, 6.45) is -0.647. The van der Waals surface area contributed by atoms with E-state index in [2.05, 4.69) is 20.4 Å². The SMILES string of the molecule is Cc1cc(Cn2cc3c(C(=O)N[C@@H](C)CO)nccc3n2)cnc1OCCC(F)(F)F. The lowest BCUT2D eigenvalue weighted by molar-refractivity contribution is -0.139. The number of carbonyl (C=O) groups excluding carboxylic acids is 1. The molecule has 2 N–H and O–H groups in total. The number of aryl methyl sites for hydroxylation is 1. The van der Waals surface area contributed by atoms with Crippen LogP contribution in [0.15, 0.2) is 30.7 Å². The number of hydrogen-bond acceptors (Lipinski definition) is 6. The quantitative estimate of drug-likeness (QED) is 0.562. The molecule has 0 aliphatic heterocycles. The van der Waals surface area contributed by atoms with Gasteiger partial charge in [0, 0.05) is 30.2 Å². The van der Waals surface area contributed by atoms with Crippen molar-refractivity contribution >= 4 is 16.8 Å². The molecule has 0 aromatic carbocycles. The number of nitrogens with zero attached hydrogens (tertiary/aromatic N) is 4. The second-order valence-electron chi connectivity index (χ2n) is 7.16. The van der Waals surface area contributed by atoms with E-state index in [1.54, 1.807) is 36.9 Å². The normalized spacial score (nSPS) is 12.7. The molecule has 0 unspecified atom stereocenters. The Kier molecular flexibility index (Phi) is 6.74. The van der Waals surface area contributed by atoms with Crippen molar-refractivity contribution in [2.45, 2.75) is 39.0 Å². The Morgan fingerprint density at radius 1 is 1.35 bits per heavy atom. The van der Waals surface area contributed by atoms with Crippen LogP contribution in [-0.4, -0.2) is 56.2 Å². The maximum absolute atomic E-state index is 12.4. The van der Waals surface area contributed by atoms with Crippen molar-refractivity contribution in [3.8, 4) is 5.88 Å². The first-order valence-electron chi connectivity index (χ1n) is 9.55. The first-order valence-corrected chi connectivity index (χ1v) is 9.55. The maximum atomic E-state index is 12.4. The Morgan fingerprint density at radius 2 is 2.13 bits per heavy atom. The van der Waals surface area contributed by atoms with Gasteiger partial charge < -0.3 is 15.2 Å². The van der Waals surface area contributed by atoms with Crippen LogP contribution >= 0.6 is 0 Å². The molecule has 0 spiro atoms. The first kappa shape index (κ1) is 22.5. The number of amides is 1. The van der Waals surface area contributed by atoms with E-state index >= 15 is 0 Å². The number of rotatable bonds is 8. The molecule has 0 aliphatic carbocycles. The van der Waals surface area contributed by atoms with E-state index in [1.165, 1.54) is 12.4 Å². The van der Waals surface area contributed by atoms with Gasteiger partial charge in [-0.25, -0.2) is 4.98 Å². The van der Waals surface area contributed by atoms with E-state index in [0.717, 1.165) is 5.56 Å². The van der Waals surface area contributed by atoms with E-state index in [9.17, 15) is 18.0 Å². The van der Waals surface area contributed by atoms with Gasteiger partial charge in [0.1, 0.15) is 5.69 Å². The molecule has 0 radical (unpaired) electrons. The molecule has 1 atom stereocenters. The minimum absolute atomic E-state index is 0.153. The van der Waals surface area contributed by atoms with Gasteiger partial charge in [-0.1, -0.05) is 0 Å². The fraction of sp³-hybridized carbons (Fsp3) is 0.400. The molecule has 0 saturated carbocycles. The predicted molar refractivity (Wildman–Crippen MR) is 106 cm³/mol. The fourth-order valence-electron chi connectivity index (χ4n) is 2.90. The molecule has 1 amide bonds. The highest BCUT2D eigenvalue weighted by atomic mass is 19.4. The van der Waals surface area contributed by atoms with Crippen molar-refractivity contribution in [2.75, 3.05) is 13.2 Å². The van der Waals surface area contributed by atoms with E-state index in [-0.39, 0.29) is 18.2 Å². The molecule has 3 heterocycles. The van der Waals surface area contributed by atoms with Gasteiger partial charge in [0.2, 0.25) is 5.88 Å². The fourth-order valence-corrected chi connectivity index (χ4v) is 2.90. The summed E-state index contributed by atoms with van der Waals surface area (Å²) in [5.41, 5.74) is 2.15. The summed E-state index contributed by atoms with van der Waals surface area (Å²) in [7, 11) is 0. The van der Waals surface area contributed by atoms with E-state index < -0.39 is 31.2 Å². The topological polar surface area (TPSA) is 102 Å². The lowest BCUT2D eigenvalue weighted by Gasteiger charge is -2.11. The van der Waals surface area contributed by atoms with Gasteiger partial charge in [0.05, 0.1) is 37.1 Å². The van der Waals surface area contributed by atoms with Crippen LogP contribution in [0.2, 0.25) is 0 Å². The smallest absolute Gasteiger partial charge is 0.392 e. The highest BCUT2D eigenvalue weighted by molar-refractivity contribution is 6.04. The number of alkyl halides is 3. The van der Waals surface area contributed by atoms with Crippen LogP contribution < -0.4 is 10.1 Å². The van der Waals surface area contributed by atoms with Gasteiger partial charge >= 0.3 is 6.18 Å². The molecule has 0 fully saturated rings. The van der Waals surface area contributed by atoms with Gasteiger partial charge in [-0.2, -0.15) is 18.3 Å². The van der Waals surface area contributed by atoms with Crippen molar-refractivity contribution in [3.05, 3.63) is 47.5 Å². The van der Waals surface area contributed by atoms with Crippen LogP contribution in [0.25, 0.3) is 10.9 Å². The number of aromatic nitrogens is 4. The summed E-state index contributed by atoms with van der Waals surface area (Å²) in [4.78, 5) is 20.6. The Morgan fingerprint density at radius 3 is 2.81 bits per heavy atom. The number of carbonyl (C=O) groups is 1. The summed E-state index contributed by atoms with van der Waals surface area (Å²) >= 11 is 0. The molecule has 31 heavy (non-hydrogen) atoms. The number of nitrogens with one attached hydrogen (secondary N) is 1. The first-order chi connectivity index (χ1) is 14.7. The molecular formula is C20H22F3N5O3. The summed E-state index contributed by atoms with van der Waals surface area (Å²) < 4.78 is 43.5. The molecule has 3 aromatic rings. The zero-order valence-electron chi connectivity index (χ0n) is 17.0. The highest BCUT2D eigenvalue weighted by Gasteiger charge is 2.27. The zero-order chi connectivity index (χ0) is 22.6. The Balaban J connectivity index is 1.74. The molecule has 3 aromatic heterocycles. The Bertz CT molecular complexity index is 1070. The lowest BCUT2D eigenvalue weighted by Crippen LogP contribution is -2.35. The second kappa shape index (κ2) is 9.29. The minimum atomic E-state index is -4.28. The third kappa shape index (κ3) is 5.91. The molecule has 11 heteroatoms. The lowest BCUT2D eigenvalue weighted by atomic mass is 10.2. The molecule has 0 saturated heterocycles. The summed E-state index contributed by atoms with van der Waals surface area (Å²) in [5.74, 6) is -0.260. The Labute approximate surface area is 176 Å². The van der Waals surface area contributed by atoms with Gasteiger partial charge in [-0.15, -0.1) is 0 Å². The number of aliphatic hydroxyl groups excluding tert-OH is 1. The van der Waals surface area contributed by atoms with E-state index in [1.807, 2.05) is 0 Å². The highest BCUT2D eigenvalue weighted by Crippen LogP contribution is 2.22. The third-order valence-corrected chi connectivity index (χ3v) is 4.40. The van der Waals surface area contributed by atoms with E-state index in [0.29, 0.717) is 23.0 Å². The van der Waals surface area contributed by atoms with Gasteiger partial charge in [-0.3, -0.25) is 14.5 Å².